The molecule has 2 aromatic rings. The van der Waals surface area contributed by atoms with Crippen LogP contribution in [0.1, 0.15) is 6.92 Å². The molecule has 0 amide bonds. The van der Waals surface area contributed by atoms with Gasteiger partial charge in [0.25, 0.3) is 5.69 Å². The molecule has 0 N–H and O–H groups in total. The smallest absolute Gasteiger partial charge is 0.270 e. The van der Waals surface area contributed by atoms with E-state index in [1.807, 2.05) is 6.92 Å². The molecule has 2 heterocycles. The number of hydrogen-bond acceptors (Lipinski definition) is 5. The van der Waals surface area contributed by atoms with Crippen molar-refractivity contribution in [2.24, 2.45) is 0 Å². The van der Waals surface area contributed by atoms with E-state index in [9.17, 15) is 10.1 Å². The SMILES string of the molecule is CCSc1nnc2ccc([N+](=O)[O-])cn12. The van der Waals surface area contributed by atoms with E-state index in [0.29, 0.717) is 10.8 Å². The molecule has 0 spiro atoms. The Morgan fingerprint density at radius 1 is 1.53 bits per heavy atom. The van der Waals surface area contributed by atoms with Gasteiger partial charge in [-0.2, -0.15) is 0 Å². The third-order valence-electron chi connectivity index (χ3n) is 1.84. The summed E-state index contributed by atoms with van der Waals surface area (Å²) in [5.41, 5.74) is 0.664. The van der Waals surface area contributed by atoms with Crippen LogP contribution in [0.5, 0.6) is 0 Å². The fourth-order valence-corrected chi connectivity index (χ4v) is 1.84. The van der Waals surface area contributed by atoms with Crippen molar-refractivity contribution < 1.29 is 4.92 Å². The van der Waals surface area contributed by atoms with Gasteiger partial charge in [0.05, 0.1) is 11.1 Å². The lowest BCUT2D eigenvalue weighted by atomic mass is 10.4. The van der Waals surface area contributed by atoms with Crippen LogP contribution >= 0.6 is 11.8 Å². The van der Waals surface area contributed by atoms with Crippen LogP contribution in [-0.4, -0.2) is 25.3 Å². The zero-order valence-corrected chi connectivity index (χ0v) is 8.77. The summed E-state index contributed by atoms with van der Waals surface area (Å²) >= 11 is 1.50. The Labute approximate surface area is 89.5 Å². The number of fused-ring (bicyclic) bond motifs is 1. The number of thioether (sulfide) groups is 1. The molecule has 7 heteroatoms. The van der Waals surface area contributed by atoms with Crippen LogP contribution in [0.3, 0.4) is 0 Å². The summed E-state index contributed by atoms with van der Waals surface area (Å²) in [6, 6.07) is 3.01. The molecule has 0 saturated heterocycles. The Balaban J connectivity index is 2.56. The lowest BCUT2D eigenvalue weighted by molar-refractivity contribution is -0.385. The molecule has 0 radical (unpaired) electrons. The highest BCUT2D eigenvalue weighted by Gasteiger charge is 2.10. The van der Waals surface area contributed by atoms with Crippen LogP contribution < -0.4 is 0 Å². The Bertz CT molecular complexity index is 510. The van der Waals surface area contributed by atoms with Crippen LogP contribution in [0.2, 0.25) is 0 Å². The number of pyridine rings is 1. The highest BCUT2D eigenvalue weighted by Crippen LogP contribution is 2.19. The molecule has 0 aliphatic heterocycles. The van der Waals surface area contributed by atoms with Gasteiger partial charge >= 0.3 is 0 Å². The minimum atomic E-state index is -0.431. The molecule has 6 nitrogen and oxygen atoms in total. The van der Waals surface area contributed by atoms with Gasteiger partial charge in [0.15, 0.2) is 10.8 Å². The van der Waals surface area contributed by atoms with Crippen LogP contribution in [0.15, 0.2) is 23.5 Å². The summed E-state index contributed by atoms with van der Waals surface area (Å²) in [6.07, 6.45) is 1.44. The molecule has 78 valence electrons. The lowest BCUT2D eigenvalue weighted by Gasteiger charge is -1.96. The van der Waals surface area contributed by atoms with E-state index in [-0.39, 0.29) is 5.69 Å². The summed E-state index contributed by atoms with van der Waals surface area (Å²) < 4.78 is 1.63. The molecule has 0 fully saturated rings. The second-order valence-corrected chi connectivity index (χ2v) is 4.02. The van der Waals surface area contributed by atoms with Crippen molar-refractivity contribution >= 4 is 23.1 Å². The van der Waals surface area contributed by atoms with Gasteiger partial charge in [0, 0.05) is 6.07 Å². The molecule has 0 unspecified atom stereocenters. The molecule has 2 aromatic heterocycles. The summed E-state index contributed by atoms with van der Waals surface area (Å²) in [6.45, 7) is 1.99. The van der Waals surface area contributed by atoms with Crippen molar-refractivity contribution in [1.29, 1.82) is 0 Å². The number of nitro groups is 1. The van der Waals surface area contributed by atoms with Crippen molar-refractivity contribution in [3.05, 3.63) is 28.4 Å². The third kappa shape index (κ3) is 1.78. The Morgan fingerprint density at radius 2 is 2.33 bits per heavy atom. The van der Waals surface area contributed by atoms with Crippen molar-refractivity contribution in [1.82, 2.24) is 14.6 Å². The van der Waals surface area contributed by atoms with Gasteiger partial charge in [-0.05, 0) is 11.8 Å². The minimum Gasteiger partial charge on any atom is -0.270 e. The topological polar surface area (TPSA) is 73.3 Å². The van der Waals surface area contributed by atoms with E-state index in [1.54, 1.807) is 10.5 Å². The van der Waals surface area contributed by atoms with Crippen molar-refractivity contribution in [2.75, 3.05) is 5.75 Å². The quantitative estimate of drug-likeness (QED) is 0.451. The van der Waals surface area contributed by atoms with Crippen LogP contribution in [0.4, 0.5) is 5.69 Å². The summed E-state index contributed by atoms with van der Waals surface area (Å²) in [7, 11) is 0. The van der Waals surface area contributed by atoms with E-state index in [2.05, 4.69) is 10.2 Å². The second kappa shape index (κ2) is 3.85. The highest BCUT2D eigenvalue weighted by molar-refractivity contribution is 7.99. The van der Waals surface area contributed by atoms with Gasteiger partial charge in [0.2, 0.25) is 0 Å². The Kier molecular flexibility index (Phi) is 2.55. The van der Waals surface area contributed by atoms with Gasteiger partial charge in [-0.3, -0.25) is 14.5 Å². The van der Waals surface area contributed by atoms with E-state index in [0.717, 1.165) is 5.75 Å². The first-order valence-corrected chi connectivity index (χ1v) is 5.33. The van der Waals surface area contributed by atoms with Crippen LogP contribution in [-0.2, 0) is 0 Å². The number of nitrogens with zero attached hydrogens (tertiary/aromatic N) is 4. The van der Waals surface area contributed by atoms with E-state index < -0.39 is 4.92 Å². The molecule has 0 aromatic carbocycles. The average molecular weight is 224 g/mol. The monoisotopic (exact) mass is 224 g/mol. The minimum absolute atomic E-state index is 0.0419. The summed E-state index contributed by atoms with van der Waals surface area (Å²) in [5.74, 6) is 0.851. The number of rotatable bonds is 3. The largest absolute Gasteiger partial charge is 0.286 e. The predicted octanol–water partition coefficient (Wildman–Crippen LogP) is 1.75. The molecule has 0 bridgehead atoms. The molecule has 0 atom stereocenters. The molecule has 0 aliphatic rings. The van der Waals surface area contributed by atoms with E-state index in [4.69, 9.17) is 0 Å². The maximum absolute atomic E-state index is 10.6. The Morgan fingerprint density at radius 3 is 3.00 bits per heavy atom. The maximum Gasteiger partial charge on any atom is 0.286 e. The summed E-state index contributed by atoms with van der Waals surface area (Å²) in [4.78, 5) is 10.1. The zero-order valence-electron chi connectivity index (χ0n) is 7.95. The van der Waals surface area contributed by atoms with Crippen molar-refractivity contribution in [3.63, 3.8) is 0 Å². The van der Waals surface area contributed by atoms with Crippen molar-refractivity contribution in [2.45, 2.75) is 12.1 Å². The average Bonchev–Trinajstić information content (AvgIpc) is 2.61. The maximum atomic E-state index is 10.6. The van der Waals surface area contributed by atoms with E-state index in [1.165, 1.54) is 24.0 Å². The third-order valence-corrected chi connectivity index (χ3v) is 2.66. The van der Waals surface area contributed by atoms with E-state index >= 15 is 0 Å². The molecule has 0 aliphatic carbocycles. The molecular formula is C8H8N4O2S. The van der Waals surface area contributed by atoms with Gasteiger partial charge in [-0.1, -0.05) is 18.7 Å². The first-order chi connectivity index (χ1) is 7.22. The van der Waals surface area contributed by atoms with Crippen molar-refractivity contribution in [3.8, 4) is 0 Å². The highest BCUT2D eigenvalue weighted by atomic mass is 32.2. The summed E-state index contributed by atoms with van der Waals surface area (Å²) in [5, 5.41) is 19.1. The molecular weight excluding hydrogens is 216 g/mol. The fraction of sp³-hybridized carbons (Fsp3) is 0.250. The van der Waals surface area contributed by atoms with Gasteiger partial charge < -0.3 is 0 Å². The standard InChI is InChI=1S/C8H8N4O2S/c1-2-15-8-10-9-7-4-3-6(12(13)14)5-11(7)8/h3-5H,2H2,1H3. The molecule has 2 rings (SSSR count). The normalized spacial score (nSPS) is 10.7. The van der Waals surface area contributed by atoms with Gasteiger partial charge in [-0.15, -0.1) is 10.2 Å². The number of hydrogen-bond donors (Lipinski definition) is 0. The predicted molar refractivity (Wildman–Crippen MR) is 56.0 cm³/mol. The van der Waals surface area contributed by atoms with Crippen LogP contribution in [0.25, 0.3) is 5.65 Å². The number of aromatic nitrogens is 3. The van der Waals surface area contributed by atoms with Gasteiger partial charge in [-0.25, -0.2) is 0 Å². The Hall–Kier alpha value is -1.63. The van der Waals surface area contributed by atoms with Gasteiger partial charge in [0.1, 0.15) is 0 Å². The molecule has 15 heavy (non-hydrogen) atoms. The first kappa shape index (κ1) is 9.91. The first-order valence-electron chi connectivity index (χ1n) is 4.34. The second-order valence-electron chi connectivity index (χ2n) is 2.79. The zero-order chi connectivity index (χ0) is 10.8. The van der Waals surface area contributed by atoms with Crippen LogP contribution in [0, 0.1) is 10.1 Å². The molecule has 0 saturated carbocycles. The lowest BCUT2D eigenvalue weighted by Crippen LogP contribution is -1.93. The fourth-order valence-electron chi connectivity index (χ4n) is 1.19.